The molecule has 0 radical (unpaired) electrons. The summed E-state index contributed by atoms with van der Waals surface area (Å²) in [5, 5.41) is 0. The summed E-state index contributed by atoms with van der Waals surface area (Å²) in [4.78, 5) is 20.8. The first kappa shape index (κ1) is 13.6. The normalized spacial score (nSPS) is 17.3. The van der Waals surface area contributed by atoms with E-state index in [1.54, 1.807) is 0 Å². The number of anilines is 2. The zero-order valence-corrected chi connectivity index (χ0v) is 13.0. The molecule has 2 aromatic rings. The van der Waals surface area contributed by atoms with Crippen LogP contribution in [-0.4, -0.2) is 23.1 Å². The van der Waals surface area contributed by atoms with Crippen LogP contribution in [-0.2, 0) is 0 Å². The van der Waals surface area contributed by atoms with Gasteiger partial charge in [-0.05, 0) is 47.2 Å². The van der Waals surface area contributed by atoms with Crippen LogP contribution in [0.4, 0.5) is 11.5 Å². The second-order valence-electron chi connectivity index (χ2n) is 4.81. The molecule has 3 rings (SSSR count). The second kappa shape index (κ2) is 5.53. The largest absolute Gasteiger partial charge is 0.330 e. The molecular formula is C14H15IN4O. The number of aromatic nitrogens is 2. The van der Waals surface area contributed by atoms with E-state index in [0.29, 0.717) is 16.0 Å². The zero-order valence-electron chi connectivity index (χ0n) is 10.8. The standard InChI is InChI=1S/C14H15IN4O/c15-12-13(17-8-18-14(12)20)19-7-9(5-6-16)10-3-1-2-4-11(10)19/h1-4,8-9H,5-7,16H2,(H,17,18,20). The van der Waals surface area contributed by atoms with Gasteiger partial charge in [0.2, 0.25) is 0 Å². The van der Waals surface area contributed by atoms with Crippen LogP contribution in [0.3, 0.4) is 0 Å². The highest BCUT2D eigenvalue weighted by molar-refractivity contribution is 14.1. The SMILES string of the molecule is NCCC1CN(c2nc[nH]c(=O)c2I)c2ccccc21. The van der Waals surface area contributed by atoms with Crippen molar-refractivity contribution in [2.24, 2.45) is 5.73 Å². The average Bonchev–Trinajstić information content (AvgIpc) is 2.82. The minimum Gasteiger partial charge on any atom is -0.330 e. The van der Waals surface area contributed by atoms with Crippen LogP contribution >= 0.6 is 22.6 Å². The topological polar surface area (TPSA) is 75.0 Å². The maximum atomic E-state index is 11.8. The van der Waals surface area contributed by atoms with Crippen molar-refractivity contribution in [3.05, 3.63) is 50.1 Å². The van der Waals surface area contributed by atoms with Crippen LogP contribution in [0.5, 0.6) is 0 Å². The third-order valence-corrected chi connectivity index (χ3v) is 4.59. The van der Waals surface area contributed by atoms with Crippen molar-refractivity contribution in [2.75, 3.05) is 18.0 Å². The van der Waals surface area contributed by atoms with Crippen molar-refractivity contribution >= 4 is 34.1 Å². The van der Waals surface area contributed by atoms with E-state index in [4.69, 9.17) is 5.73 Å². The van der Waals surface area contributed by atoms with Gasteiger partial charge in [0, 0.05) is 18.2 Å². The van der Waals surface area contributed by atoms with Crippen LogP contribution in [0, 0.1) is 3.57 Å². The molecule has 5 nitrogen and oxygen atoms in total. The molecule has 6 heteroatoms. The minimum atomic E-state index is -0.102. The lowest BCUT2D eigenvalue weighted by Gasteiger charge is -2.19. The van der Waals surface area contributed by atoms with Gasteiger partial charge in [-0.3, -0.25) is 4.79 Å². The Morgan fingerprint density at radius 2 is 2.25 bits per heavy atom. The van der Waals surface area contributed by atoms with E-state index in [9.17, 15) is 4.79 Å². The third kappa shape index (κ3) is 2.22. The summed E-state index contributed by atoms with van der Waals surface area (Å²) in [7, 11) is 0. The molecule has 1 aliphatic heterocycles. The number of hydrogen-bond donors (Lipinski definition) is 2. The molecule has 20 heavy (non-hydrogen) atoms. The molecule has 0 saturated heterocycles. The number of benzene rings is 1. The number of halogens is 1. The van der Waals surface area contributed by atoms with Gasteiger partial charge in [-0.2, -0.15) is 0 Å². The molecule has 1 aliphatic rings. The number of aromatic amines is 1. The molecule has 1 aromatic carbocycles. The molecule has 104 valence electrons. The molecule has 1 atom stereocenters. The Hall–Kier alpha value is -1.41. The Kier molecular flexibility index (Phi) is 3.75. The van der Waals surface area contributed by atoms with Crippen LogP contribution < -0.4 is 16.2 Å². The fraction of sp³-hybridized carbons (Fsp3) is 0.286. The molecule has 3 N–H and O–H groups in total. The summed E-state index contributed by atoms with van der Waals surface area (Å²) in [5.41, 5.74) is 8.03. The summed E-state index contributed by atoms with van der Waals surface area (Å²) in [6.45, 7) is 1.48. The van der Waals surface area contributed by atoms with Crippen LogP contribution in [0.1, 0.15) is 17.9 Å². The molecule has 0 amide bonds. The number of nitrogens with two attached hydrogens (primary N) is 1. The van der Waals surface area contributed by atoms with Crippen LogP contribution in [0.15, 0.2) is 35.4 Å². The Morgan fingerprint density at radius 1 is 1.45 bits per heavy atom. The molecule has 0 bridgehead atoms. The molecule has 0 aliphatic carbocycles. The molecule has 2 heterocycles. The maximum Gasteiger partial charge on any atom is 0.266 e. The van der Waals surface area contributed by atoms with E-state index in [2.05, 4.69) is 27.0 Å². The number of rotatable bonds is 3. The Bertz CT molecular complexity index is 685. The number of para-hydroxylation sites is 1. The van der Waals surface area contributed by atoms with Crippen molar-refractivity contribution in [3.63, 3.8) is 0 Å². The first-order valence-electron chi connectivity index (χ1n) is 6.52. The highest BCUT2D eigenvalue weighted by Crippen LogP contribution is 2.41. The van der Waals surface area contributed by atoms with E-state index >= 15 is 0 Å². The molecule has 0 spiro atoms. The number of nitrogens with one attached hydrogen (secondary N) is 1. The average molecular weight is 382 g/mol. The van der Waals surface area contributed by atoms with E-state index in [1.807, 2.05) is 34.7 Å². The lowest BCUT2D eigenvalue weighted by molar-refractivity contribution is 0.666. The second-order valence-corrected chi connectivity index (χ2v) is 5.89. The monoisotopic (exact) mass is 382 g/mol. The van der Waals surface area contributed by atoms with Crippen molar-refractivity contribution in [1.29, 1.82) is 0 Å². The minimum absolute atomic E-state index is 0.102. The summed E-state index contributed by atoms with van der Waals surface area (Å²) in [6.07, 6.45) is 2.39. The van der Waals surface area contributed by atoms with Gasteiger partial charge in [0.05, 0.1) is 6.33 Å². The molecular weight excluding hydrogens is 367 g/mol. The lowest BCUT2D eigenvalue weighted by Crippen LogP contribution is -2.23. The number of nitrogens with zero attached hydrogens (tertiary/aromatic N) is 2. The van der Waals surface area contributed by atoms with Crippen LogP contribution in [0.2, 0.25) is 0 Å². The van der Waals surface area contributed by atoms with Crippen LogP contribution in [0.25, 0.3) is 0 Å². The number of fused-ring (bicyclic) bond motifs is 1. The highest BCUT2D eigenvalue weighted by atomic mass is 127. The first-order chi connectivity index (χ1) is 9.72. The summed E-state index contributed by atoms with van der Waals surface area (Å²) >= 11 is 2.05. The number of H-pyrrole nitrogens is 1. The summed E-state index contributed by atoms with van der Waals surface area (Å²) < 4.78 is 0.619. The van der Waals surface area contributed by atoms with E-state index in [0.717, 1.165) is 24.5 Å². The predicted octanol–water partition coefficient (Wildman–Crippen LogP) is 1.96. The number of hydrogen-bond acceptors (Lipinski definition) is 4. The summed E-state index contributed by atoms with van der Waals surface area (Å²) in [5.74, 6) is 1.12. The van der Waals surface area contributed by atoms with Gasteiger partial charge in [0.15, 0.2) is 5.82 Å². The van der Waals surface area contributed by atoms with Gasteiger partial charge in [0.1, 0.15) is 3.57 Å². The molecule has 0 fully saturated rings. The molecule has 1 unspecified atom stereocenters. The Balaban J connectivity index is 2.08. The van der Waals surface area contributed by atoms with Gasteiger partial charge in [-0.15, -0.1) is 0 Å². The van der Waals surface area contributed by atoms with Gasteiger partial charge in [0.25, 0.3) is 5.56 Å². The quantitative estimate of drug-likeness (QED) is 0.796. The van der Waals surface area contributed by atoms with Gasteiger partial charge in [-0.25, -0.2) is 4.98 Å². The third-order valence-electron chi connectivity index (χ3n) is 3.62. The van der Waals surface area contributed by atoms with Crippen molar-refractivity contribution in [1.82, 2.24) is 9.97 Å². The Morgan fingerprint density at radius 3 is 3.05 bits per heavy atom. The fourth-order valence-corrected chi connectivity index (χ4v) is 3.29. The van der Waals surface area contributed by atoms with Gasteiger partial charge in [-0.1, -0.05) is 18.2 Å². The van der Waals surface area contributed by atoms with Crippen molar-refractivity contribution < 1.29 is 0 Å². The van der Waals surface area contributed by atoms with Gasteiger partial charge < -0.3 is 15.6 Å². The smallest absolute Gasteiger partial charge is 0.266 e. The highest BCUT2D eigenvalue weighted by Gasteiger charge is 2.30. The fourth-order valence-electron chi connectivity index (χ4n) is 2.71. The summed E-state index contributed by atoms with van der Waals surface area (Å²) in [6, 6.07) is 8.26. The van der Waals surface area contributed by atoms with E-state index in [1.165, 1.54) is 11.9 Å². The molecule has 0 saturated carbocycles. The van der Waals surface area contributed by atoms with Crippen molar-refractivity contribution in [3.8, 4) is 0 Å². The first-order valence-corrected chi connectivity index (χ1v) is 7.60. The van der Waals surface area contributed by atoms with E-state index in [-0.39, 0.29) is 5.56 Å². The predicted molar refractivity (Wildman–Crippen MR) is 87.4 cm³/mol. The van der Waals surface area contributed by atoms with Gasteiger partial charge >= 0.3 is 0 Å². The lowest BCUT2D eigenvalue weighted by atomic mass is 9.98. The molecule has 1 aromatic heterocycles. The van der Waals surface area contributed by atoms with Crippen molar-refractivity contribution in [2.45, 2.75) is 12.3 Å². The Labute approximate surface area is 130 Å². The van der Waals surface area contributed by atoms with E-state index < -0.39 is 0 Å². The zero-order chi connectivity index (χ0) is 14.1. The maximum absolute atomic E-state index is 11.8.